The first kappa shape index (κ1) is 14.6. The van der Waals surface area contributed by atoms with Crippen LogP contribution in [0.2, 0.25) is 0 Å². The topological polar surface area (TPSA) is 59.8 Å². The number of pyridine rings is 1. The van der Waals surface area contributed by atoms with Crippen LogP contribution in [0.25, 0.3) is 0 Å². The summed E-state index contributed by atoms with van der Waals surface area (Å²) < 4.78 is 1.78. The zero-order valence-electron chi connectivity index (χ0n) is 11.7. The van der Waals surface area contributed by atoms with Gasteiger partial charge in [0.15, 0.2) is 0 Å². The van der Waals surface area contributed by atoms with Crippen LogP contribution >= 0.6 is 11.8 Å². The lowest BCUT2D eigenvalue weighted by molar-refractivity contribution is -0.116. The molecule has 6 heteroatoms. The molecule has 0 saturated heterocycles. The number of aromatic nitrogens is 3. The fourth-order valence-electron chi connectivity index (χ4n) is 1.71. The van der Waals surface area contributed by atoms with Gasteiger partial charge in [0.25, 0.3) is 0 Å². The molecule has 2 aromatic heterocycles. The number of anilines is 1. The van der Waals surface area contributed by atoms with Crippen molar-refractivity contribution in [3.05, 3.63) is 36.3 Å². The van der Waals surface area contributed by atoms with Crippen LogP contribution in [0.4, 0.5) is 5.82 Å². The zero-order chi connectivity index (χ0) is 14.4. The number of aryl methyl sites for hydroxylation is 2. The number of hydrogen-bond acceptors (Lipinski definition) is 4. The van der Waals surface area contributed by atoms with E-state index in [9.17, 15) is 4.79 Å². The summed E-state index contributed by atoms with van der Waals surface area (Å²) in [6, 6.07) is 5.59. The van der Waals surface area contributed by atoms with E-state index in [2.05, 4.69) is 15.4 Å². The lowest BCUT2D eigenvalue weighted by Gasteiger charge is -2.04. The maximum atomic E-state index is 11.8. The third-order valence-corrected chi connectivity index (χ3v) is 3.69. The molecule has 0 aliphatic carbocycles. The molecule has 0 fully saturated rings. The van der Waals surface area contributed by atoms with Gasteiger partial charge in [0, 0.05) is 30.3 Å². The van der Waals surface area contributed by atoms with E-state index >= 15 is 0 Å². The van der Waals surface area contributed by atoms with Gasteiger partial charge in [-0.1, -0.05) is 6.07 Å². The molecule has 0 radical (unpaired) electrons. The van der Waals surface area contributed by atoms with Gasteiger partial charge in [0.05, 0.1) is 6.20 Å². The third-order valence-electron chi connectivity index (χ3n) is 2.65. The molecule has 0 spiro atoms. The van der Waals surface area contributed by atoms with Gasteiger partial charge < -0.3 is 5.32 Å². The average molecular weight is 290 g/mol. The van der Waals surface area contributed by atoms with Crippen molar-refractivity contribution >= 4 is 23.5 Å². The van der Waals surface area contributed by atoms with Gasteiger partial charge in [-0.15, -0.1) is 11.8 Å². The highest BCUT2D eigenvalue weighted by atomic mass is 32.2. The van der Waals surface area contributed by atoms with Crippen LogP contribution < -0.4 is 5.32 Å². The Hall–Kier alpha value is -1.82. The van der Waals surface area contributed by atoms with Crippen molar-refractivity contribution in [3.8, 4) is 0 Å². The first-order valence-electron chi connectivity index (χ1n) is 6.48. The van der Waals surface area contributed by atoms with Gasteiger partial charge in [0.2, 0.25) is 5.91 Å². The van der Waals surface area contributed by atoms with Crippen molar-refractivity contribution in [2.45, 2.75) is 24.7 Å². The standard InChI is InChI=1S/C14H18N4OS/c1-11-5-3-6-13(16-11)17-14(19)7-4-8-20-12-9-15-18(2)10-12/h3,5-6,9-10H,4,7-8H2,1-2H3,(H,16,17,19). The van der Waals surface area contributed by atoms with E-state index < -0.39 is 0 Å². The number of hydrogen-bond donors (Lipinski definition) is 1. The molecule has 0 aromatic carbocycles. The fraction of sp³-hybridized carbons (Fsp3) is 0.357. The monoisotopic (exact) mass is 290 g/mol. The highest BCUT2D eigenvalue weighted by Gasteiger charge is 2.04. The van der Waals surface area contributed by atoms with Crippen LogP contribution in [-0.4, -0.2) is 26.4 Å². The maximum absolute atomic E-state index is 11.8. The minimum absolute atomic E-state index is 0.00915. The molecular formula is C14H18N4OS. The summed E-state index contributed by atoms with van der Waals surface area (Å²) in [6.45, 7) is 1.90. The van der Waals surface area contributed by atoms with Gasteiger partial charge in [-0.25, -0.2) is 4.98 Å². The van der Waals surface area contributed by atoms with E-state index in [1.807, 2.05) is 38.5 Å². The summed E-state index contributed by atoms with van der Waals surface area (Å²) in [6.07, 6.45) is 5.14. The lowest BCUT2D eigenvalue weighted by Crippen LogP contribution is -2.12. The van der Waals surface area contributed by atoms with Gasteiger partial charge in [-0.05, 0) is 31.2 Å². The largest absolute Gasteiger partial charge is 0.311 e. The van der Waals surface area contributed by atoms with Crippen molar-refractivity contribution in [3.63, 3.8) is 0 Å². The van der Waals surface area contributed by atoms with Crippen molar-refractivity contribution < 1.29 is 4.79 Å². The lowest BCUT2D eigenvalue weighted by atomic mass is 10.3. The second-order valence-electron chi connectivity index (χ2n) is 4.51. The first-order valence-corrected chi connectivity index (χ1v) is 7.47. The summed E-state index contributed by atoms with van der Waals surface area (Å²) >= 11 is 1.71. The molecule has 5 nitrogen and oxygen atoms in total. The van der Waals surface area contributed by atoms with Crippen molar-refractivity contribution in [1.29, 1.82) is 0 Å². The van der Waals surface area contributed by atoms with E-state index in [1.54, 1.807) is 22.5 Å². The predicted molar refractivity (Wildman–Crippen MR) is 80.8 cm³/mol. The van der Waals surface area contributed by atoms with Crippen LogP contribution in [0.1, 0.15) is 18.5 Å². The Morgan fingerprint density at radius 2 is 2.30 bits per heavy atom. The zero-order valence-corrected chi connectivity index (χ0v) is 12.5. The second kappa shape index (κ2) is 7.09. The summed E-state index contributed by atoms with van der Waals surface area (Å²) in [5, 5.41) is 6.91. The maximum Gasteiger partial charge on any atom is 0.225 e. The van der Waals surface area contributed by atoms with E-state index in [4.69, 9.17) is 0 Å². The smallest absolute Gasteiger partial charge is 0.225 e. The highest BCUT2D eigenvalue weighted by Crippen LogP contribution is 2.18. The molecule has 2 aromatic rings. The van der Waals surface area contributed by atoms with Gasteiger partial charge in [-0.3, -0.25) is 9.48 Å². The van der Waals surface area contributed by atoms with E-state index in [1.165, 1.54) is 0 Å². The SMILES string of the molecule is Cc1cccc(NC(=O)CCCSc2cnn(C)c2)n1. The predicted octanol–water partition coefficient (Wildman–Crippen LogP) is 2.63. The minimum atomic E-state index is 0.00915. The molecule has 1 N–H and O–H groups in total. The number of carbonyl (C=O) groups excluding carboxylic acids is 1. The molecule has 0 bridgehead atoms. The summed E-state index contributed by atoms with van der Waals surface area (Å²) in [5.74, 6) is 1.53. The molecule has 2 heterocycles. The molecule has 1 amide bonds. The Morgan fingerprint density at radius 3 is 3.00 bits per heavy atom. The molecule has 0 aliphatic heterocycles. The van der Waals surface area contributed by atoms with E-state index in [0.717, 1.165) is 22.8 Å². The summed E-state index contributed by atoms with van der Waals surface area (Å²) in [5.41, 5.74) is 0.898. The molecule has 0 unspecified atom stereocenters. The Morgan fingerprint density at radius 1 is 1.45 bits per heavy atom. The Labute approximate surface area is 122 Å². The summed E-state index contributed by atoms with van der Waals surface area (Å²) in [7, 11) is 1.90. The number of nitrogens with one attached hydrogen (secondary N) is 1. The van der Waals surface area contributed by atoms with E-state index in [0.29, 0.717) is 12.2 Å². The van der Waals surface area contributed by atoms with Gasteiger partial charge in [0.1, 0.15) is 5.82 Å². The van der Waals surface area contributed by atoms with Crippen LogP contribution in [0.15, 0.2) is 35.5 Å². The average Bonchev–Trinajstić information content (AvgIpc) is 2.80. The molecule has 2 rings (SSSR count). The van der Waals surface area contributed by atoms with Crippen molar-refractivity contribution in [2.24, 2.45) is 7.05 Å². The number of amides is 1. The Bertz CT molecular complexity index is 582. The number of carbonyl (C=O) groups is 1. The van der Waals surface area contributed by atoms with Crippen LogP contribution in [0.5, 0.6) is 0 Å². The molecule has 0 atom stereocenters. The Balaban J connectivity index is 1.67. The molecule has 0 aliphatic rings. The van der Waals surface area contributed by atoms with Gasteiger partial charge in [-0.2, -0.15) is 5.10 Å². The first-order chi connectivity index (χ1) is 9.63. The van der Waals surface area contributed by atoms with Crippen molar-refractivity contribution in [1.82, 2.24) is 14.8 Å². The molecule has 0 saturated carbocycles. The van der Waals surface area contributed by atoms with E-state index in [-0.39, 0.29) is 5.91 Å². The van der Waals surface area contributed by atoms with Crippen LogP contribution in [0.3, 0.4) is 0 Å². The normalized spacial score (nSPS) is 10.5. The molecule has 20 heavy (non-hydrogen) atoms. The third kappa shape index (κ3) is 4.70. The number of rotatable bonds is 6. The van der Waals surface area contributed by atoms with Crippen LogP contribution in [-0.2, 0) is 11.8 Å². The summed E-state index contributed by atoms with van der Waals surface area (Å²) in [4.78, 5) is 17.1. The molecular weight excluding hydrogens is 272 g/mol. The fourth-order valence-corrected chi connectivity index (χ4v) is 2.59. The number of thioether (sulfide) groups is 1. The highest BCUT2D eigenvalue weighted by molar-refractivity contribution is 7.99. The van der Waals surface area contributed by atoms with Crippen molar-refractivity contribution in [2.75, 3.05) is 11.1 Å². The number of nitrogens with zero attached hydrogens (tertiary/aromatic N) is 3. The minimum Gasteiger partial charge on any atom is -0.311 e. The quantitative estimate of drug-likeness (QED) is 0.656. The second-order valence-corrected chi connectivity index (χ2v) is 5.68. The molecule has 106 valence electrons. The van der Waals surface area contributed by atoms with Crippen LogP contribution in [0, 0.1) is 6.92 Å². The Kier molecular flexibility index (Phi) is 5.17. The van der Waals surface area contributed by atoms with Gasteiger partial charge >= 0.3 is 0 Å².